The highest BCUT2D eigenvalue weighted by Gasteiger charge is 2.06. The van der Waals surface area contributed by atoms with E-state index in [-0.39, 0.29) is 5.56 Å². The minimum Gasteiger partial charge on any atom is -0.298 e. The fourth-order valence-corrected chi connectivity index (χ4v) is 1.89. The Hall–Kier alpha value is -1.64. The van der Waals surface area contributed by atoms with Gasteiger partial charge in [-0.3, -0.25) is 9.36 Å². The number of fused-ring (bicyclic) bond motifs is 1. The molecule has 2 aromatic rings. The van der Waals surface area contributed by atoms with E-state index in [4.69, 9.17) is 0 Å². The number of nitrogens with zero attached hydrogens (tertiary/aromatic N) is 2. The molecule has 0 aliphatic rings. The fourth-order valence-electron chi connectivity index (χ4n) is 1.89. The first-order valence-corrected chi connectivity index (χ1v) is 5.54. The highest BCUT2D eigenvalue weighted by atomic mass is 16.1. The quantitative estimate of drug-likeness (QED) is 0.772. The summed E-state index contributed by atoms with van der Waals surface area (Å²) in [6.45, 7) is 6.85. The summed E-state index contributed by atoms with van der Waals surface area (Å²) < 4.78 is 1.69. The van der Waals surface area contributed by atoms with Crippen LogP contribution in [0.2, 0.25) is 0 Å². The van der Waals surface area contributed by atoms with Gasteiger partial charge in [-0.2, -0.15) is 0 Å². The van der Waals surface area contributed by atoms with Gasteiger partial charge in [0.15, 0.2) is 0 Å². The van der Waals surface area contributed by atoms with Gasteiger partial charge in [0.05, 0.1) is 17.2 Å². The van der Waals surface area contributed by atoms with Crippen LogP contribution in [0.1, 0.15) is 19.4 Å². The lowest BCUT2D eigenvalue weighted by Gasteiger charge is -2.09. The normalized spacial score (nSPS) is 11.2. The molecule has 2 rings (SSSR count). The van der Waals surface area contributed by atoms with Crippen LogP contribution in [0, 0.1) is 12.8 Å². The Kier molecular flexibility index (Phi) is 2.77. The molecule has 0 saturated heterocycles. The summed E-state index contributed by atoms with van der Waals surface area (Å²) in [7, 11) is 0. The zero-order chi connectivity index (χ0) is 11.7. The molecule has 1 heterocycles. The van der Waals surface area contributed by atoms with Crippen molar-refractivity contribution in [1.82, 2.24) is 9.55 Å². The zero-order valence-corrected chi connectivity index (χ0v) is 9.90. The third-order valence-corrected chi connectivity index (χ3v) is 2.62. The summed E-state index contributed by atoms with van der Waals surface area (Å²) in [5, 5.41) is 0.741. The van der Waals surface area contributed by atoms with Crippen molar-refractivity contribution < 1.29 is 0 Å². The maximum Gasteiger partial charge on any atom is 0.261 e. The molecule has 0 aliphatic heterocycles. The SMILES string of the molecule is Cc1cccc2ncn(CC(C)C)c(=O)c12. The molecule has 1 aromatic heterocycles. The van der Waals surface area contributed by atoms with Crippen molar-refractivity contribution in [3.8, 4) is 0 Å². The fraction of sp³-hybridized carbons (Fsp3) is 0.385. The van der Waals surface area contributed by atoms with Crippen LogP contribution in [0.5, 0.6) is 0 Å². The summed E-state index contributed by atoms with van der Waals surface area (Å²) in [6.07, 6.45) is 1.64. The van der Waals surface area contributed by atoms with Crippen molar-refractivity contribution >= 4 is 10.9 Å². The molecule has 0 bridgehead atoms. The second-order valence-corrected chi connectivity index (χ2v) is 4.56. The summed E-state index contributed by atoms with van der Waals surface area (Å²) in [5.41, 5.74) is 1.84. The Morgan fingerprint density at radius 2 is 2.12 bits per heavy atom. The molecule has 84 valence electrons. The second-order valence-electron chi connectivity index (χ2n) is 4.56. The minimum absolute atomic E-state index is 0.0665. The largest absolute Gasteiger partial charge is 0.298 e. The Morgan fingerprint density at radius 3 is 2.81 bits per heavy atom. The van der Waals surface area contributed by atoms with Gasteiger partial charge < -0.3 is 0 Å². The number of hydrogen-bond donors (Lipinski definition) is 0. The molecule has 1 aromatic carbocycles. The maximum absolute atomic E-state index is 12.2. The third kappa shape index (κ3) is 1.85. The van der Waals surface area contributed by atoms with Crippen molar-refractivity contribution in [2.24, 2.45) is 5.92 Å². The molecule has 0 saturated carbocycles. The lowest BCUT2D eigenvalue weighted by atomic mass is 10.1. The van der Waals surface area contributed by atoms with E-state index in [1.807, 2.05) is 25.1 Å². The van der Waals surface area contributed by atoms with Crippen LogP contribution >= 0.6 is 0 Å². The molecule has 16 heavy (non-hydrogen) atoms. The predicted molar refractivity (Wildman–Crippen MR) is 65.6 cm³/mol. The highest BCUT2D eigenvalue weighted by molar-refractivity contribution is 5.80. The van der Waals surface area contributed by atoms with E-state index >= 15 is 0 Å². The summed E-state index contributed by atoms with van der Waals surface area (Å²) in [5.74, 6) is 0.445. The molecule has 3 nitrogen and oxygen atoms in total. The Bertz CT molecular complexity index is 570. The first-order chi connectivity index (χ1) is 7.59. The van der Waals surface area contributed by atoms with Crippen molar-refractivity contribution in [2.45, 2.75) is 27.3 Å². The molecule has 3 heteroatoms. The van der Waals surface area contributed by atoms with Gasteiger partial charge >= 0.3 is 0 Å². The van der Waals surface area contributed by atoms with Crippen LogP contribution in [0.3, 0.4) is 0 Å². The number of aromatic nitrogens is 2. The Labute approximate surface area is 94.7 Å². The van der Waals surface area contributed by atoms with Gasteiger partial charge in [0, 0.05) is 6.54 Å². The average Bonchev–Trinajstić information content (AvgIpc) is 2.22. The molecule has 0 atom stereocenters. The first kappa shape index (κ1) is 10.9. The van der Waals surface area contributed by atoms with Crippen LogP contribution in [-0.4, -0.2) is 9.55 Å². The number of rotatable bonds is 2. The third-order valence-electron chi connectivity index (χ3n) is 2.62. The molecular formula is C13H16N2O. The predicted octanol–water partition coefficient (Wildman–Crippen LogP) is 2.36. The van der Waals surface area contributed by atoms with Crippen molar-refractivity contribution in [2.75, 3.05) is 0 Å². The van der Waals surface area contributed by atoms with E-state index in [9.17, 15) is 4.79 Å². The van der Waals surface area contributed by atoms with Crippen LogP contribution in [-0.2, 0) is 6.54 Å². The standard InChI is InChI=1S/C13H16N2O/c1-9(2)7-15-8-14-11-6-4-5-10(3)12(11)13(15)16/h4-6,8-9H,7H2,1-3H3. The van der Waals surface area contributed by atoms with E-state index in [0.717, 1.165) is 23.0 Å². The molecule has 0 amide bonds. The van der Waals surface area contributed by atoms with Crippen molar-refractivity contribution in [3.63, 3.8) is 0 Å². The van der Waals surface area contributed by atoms with E-state index < -0.39 is 0 Å². The molecule has 0 spiro atoms. The highest BCUT2D eigenvalue weighted by Crippen LogP contribution is 2.11. The summed E-state index contributed by atoms with van der Waals surface area (Å²) >= 11 is 0. The van der Waals surface area contributed by atoms with E-state index in [1.165, 1.54) is 0 Å². The second kappa shape index (κ2) is 4.08. The Balaban J connectivity index is 2.69. The van der Waals surface area contributed by atoms with Gasteiger partial charge in [-0.25, -0.2) is 4.98 Å². The molecule has 0 aliphatic carbocycles. The van der Waals surface area contributed by atoms with Crippen LogP contribution in [0.4, 0.5) is 0 Å². The van der Waals surface area contributed by atoms with E-state index in [1.54, 1.807) is 10.9 Å². The summed E-state index contributed by atoms with van der Waals surface area (Å²) in [4.78, 5) is 16.5. The molecule has 0 N–H and O–H groups in total. The van der Waals surface area contributed by atoms with Gasteiger partial charge in [0.25, 0.3) is 5.56 Å². The van der Waals surface area contributed by atoms with Gasteiger partial charge in [-0.15, -0.1) is 0 Å². The number of hydrogen-bond acceptors (Lipinski definition) is 2. The lowest BCUT2D eigenvalue weighted by Crippen LogP contribution is -2.23. The molecule has 0 unspecified atom stereocenters. The van der Waals surface area contributed by atoms with Crippen molar-refractivity contribution in [3.05, 3.63) is 40.4 Å². The molecule has 0 fully saturated rings. The van der Waals surface area contributed by atoms with E-state index in [2.05, 4.69) is 18.8 Å². The van der Waals surface area contributed by atoms with Crippen molar-refractivity contribution in [1.29, 1.82) is 0 Å². The zero-order valence-electron chi connectivity index (χ0n) is 9.90. The number of aryl methyl sites for hydroxylation is 1. The monoisotopic (exact) mass is 216 g/mol. The van der Waals surface area contributed by atoms with Crippen LogP contribution in [0.15, 0.2) is 29.3 Å². The first-order valence-electron chi connectivity index (χ1n) is 5.54. The minimum atomic E-state index is 0.0665. The van der Waals surface area contributed by atoms with Gasteiger partial charge in [0.1, 0.15) is 0 Å². The van der Waals surface area contributed by atoms with Gasteiger partial charge in [-0.1, -0.05) is 26.0 Å². The Morgan fingerprint density at radius 1 is 1.38 bits per heavy atom. The smallest absolute Gasteiger partial charge is 0.261 e. The average molecular weight is 216 g/mol. The molecular weight excluding hydrogens is 200 g/mol. The van der Waals surface area contributed by atoms with Crippen LogP contribution < -0.4 is 5.56 Å². The maximum atomic E-state index is 12.2. The summed E-state index contributed by atoms with van der Waals surface area (Å²) in [6, 6.07) is 5.76. The van der Waals surface area contributed by atoms with Gasteiger partial charge in [0.2, 0.25) is 0 Å². The van der Waals surface area contributed by atoms with Gasteiger partial charge in [-0.05, 0) is 24.5 Å². The molecule has 0 radical (unpaired) electrons. The van der Waals surface area contributed by atoms with E-state index in [0.29, 0.717) is 5.92 Å². The topological polar surface area (TPSA) is 34.9 Å². The lowest BCUT2D eigenvalue weighted by molar-refractivity contribution is 0.508. The number of benzene rings is 1. The van der Waals surface area contributed by atoms with Crippen LogP contribution in [0.25, 0.3) is 10.9 Å².